The van der Waals surface area contributed by atoms with E-state index < -0.39 is 0 Å². The van der Waals surface area contributed by atoms with Crippen molar-refractivity contribution >= 4 is 11.6 Å². The highest BCUT2D eigenvalue weighted by molar-refractivity contribution is 6.30. The normalized spacial score (nSPS) is 19.8. The summed E-state index contributed by atoms with van der Waals surface area (Å²) in [5, 5.41) is 0.834. The minimum Gasteiger partial charge on any atom is -0.0843 e. The van der Waals surface area contributed by atoms with E-state index in [4.69, 9.17) is 11.6 Å². The van der Waals surface area contributed by atoms with Crippen molar-refractivity contribution in [2.45, 2.75) is 56.8 Å². The summed E-state index contributed by atoms with van der Waals surface area (Å²) in [7, 11) is 0. The molecule has 1 saturated carbocycles. The molecular weight excluding hydrogens is 360 g/mol. The van der Waals surface area contributed by atoms with Gasteiger partial charge >= 0.3 is 0 Å². The maximum Gasteiger partial charge on any atom is 0.0409 e. The SMILES string of the molecule is CC1(C)c2cc(Cl)ccc2-c2c1ccc1c2-c2ccccc2C12CCCCC2. The molecule has 3 aromatic carbocycles. The van der Waals surface area contributed by atoms with E-state index in [1.54, 1.807) is 11.1 Å². The van der Waals surface area contributed by atoms with Crippen molar-refractivity contribution in [1.29, 1.82) is 0 Å². The standard InChI is InChI=1S/C27H25Cl/c1-26(2)21-12-13-22-25(24(21)19-11-10-17(28)16-23(19)26)18-8-4-5-9-20(18)27(22)14-6-3-7-15-27/h4-5,8-13,16H,3,6-7,14-15H2,1-2H3. The van der Waals surface area contributed by atoms with Crippen LogP contribution in [0.25, 0.3) is 22.3 Å². The van der Waals surface area contributed by atoms with Crippen LogP contribution >= 0.6 is 11.6 Å². The summed E-state index contributed by atoms with van der Waals surface area (Å²) in [6.45, 7) is 4.69. The molecule has 0 heterocycles. The maximum absolute atomic E-state index is 6.41. The third-order valence-corrected chi connectivity index (χ3v) is 7.97. The van der Waals surface area contributed by atoms with Gasteiger partial charge < -0.3 is 0 Å². The molecule has 1 heteroatoms. The number of hydrogen-bond donors (Lipinski definition) is 0. The van der Waals surface area contributed by atoms with E-state index in [9.17, 15) is 0 Å². The molecule has 3 aromatic rings. The van der Waals surface area contributed by atoms with E-state index >= 15 is 0 Å². The molecule has 0 N–H and O–H groups in total. The van der Waals surface area contributed by atoms with Gasteiger partial charge in [0.15, 0.2) is 0 Å². The maximum atomic E-state index is 6.41. The summed E-state index contributed by atoms with van der Waals surface area (Å²) in [6, 6.07) is 20.6. The smallest absolute Gasteiger partial charge is 0.0409 e. The minimum absolute atomic E-state index is 0.0120. The van der Waals surface area contributed by atoms with Crippen molar-refractivity contribution < 1.29 is 0 Å². The van der Waals surface area contributed by atoms with Gasteiger partial charge in [-0.25, -0.2) is 0 Å². The molecule has 3 aliphatic rings. The largest absolute Gasteiger partial charge is 0.0843 e. The predicted molar refractivity (Wildman–Crippen MR) is 118 cm³/mol. The Morgan fingerprint density at radius 2 is 1.36 bits per heavy atom. The van der Waals surface area contributed by atoms with Crippen LogP contribution in [0.5, 0.6) is 0 Å². The highest BCUT2D eigenvalue weighted by Crippen LogP contribution is 2.62. The van der Waals surface area contributed by atoms with Crippen molar-refractivity contribution in [3.05, 3.63) is 81.9 Å². The number of halogens is 1. The summed E-state index contributed by atoms with van der Waals surface area (Å²) in [4.78, 5) is 0. The fourth-order valence-corrected chi connectivity index (χ4v) is 6.61. The van der Waals surface area contributed by atoms with Crippen LogP contribution in [-0.4, -0.2) is 0 Å². The van der Waals surface area contributed by atoms with Gasteiger partial charge in [0.05, 0.1) is 0 Å². The van der Waals surface area contributed by atoms with Crippen LogP contribution in [0.3, 0.4) is 0 Å². The Morgan fingerprint density at radius 3 is 2.18 bits per heavy atom. The van der Waals surface area contributed by atoms with Gasteiger partial charge in [-0.15, -0.1) is 0 Å². The Hall–Kier alpha value is -2.05. The van der Waals surface area contributed by atoms with Gasteiger partial charge in [-0.3, -0.25) is 0 Å². The van der Waals surface area contributed by atoms with Crippen molar-refractivity contribution in [3.63, 3.8) is 0 Å². The first-order chi connectivity index (χ1) is 13.5. The Balaban J connectivity index is 1.73. The highest BCUT2D eigenvalue weighted by atomic mass is 35.5. The third-order valence-electron chi connectivity index (χ3n) is 7.74. The van der Waals surface area contributed by atoms with E-state index in [1.165, 1.54) is 65.5 Å². The second-order valence-electron chi connectivity index (χ2n) is 9.41. The van der Waals surface area contributed by atoms with Crippen LogP contribution in [0.15, 0.2) is 54.6 Å². The molecule has 140 valence electrons. The Kier molecular flexibility index (Phi) is 3.32. The monoisotopic (exact) mass is 384 g/mol. The Morgan fingerprint density at radius 1 is 0.679 bits per heavy atom. The van der Waals surface area contributed by atoms with Gasteiger partial charge in [-0.1, -0.05) is 87.2 Å². The van der Waals surface area contributed by atoms with Gasteiger partial charge in [-0.05, 0) is 69.5 Å². The van der Waals surface area contributed by atoms with Gasteiger partial charge in [0.1, 0.15) is 0 Å². The molecule has 1 spiro atoms. The zero-order valence-electron chi connectivity index (χ0n) is 16.6. The Bertz CT molecular complexity index is 1130. The molecule has 0 amide bonds. The van der Waals surface area contributed by atoms with Crippen LogP contribution in [-0.2, 0) is 10.8 Å². The van der Waals surface area contributed by atoms with Gasteiger partial charge in [0.2, 0.25) is 0 Å². The van der Waals surface area contributed by atoms with E-state index in [0.717, 1.165) is 5.02 Å². The molecule has 0 saturated heterocycles. The van der Waals surface area contributed by atoms with Crippen molar-refractivity contribution in [2.75, 3.05) is 0 Å². The van der Waals surface area contributed by atoms with Gasteiger partial charge in [-0.2, -0.15) is 0 Å². The number of rotatable bonds is 0. The summed E-state index contributed by atoms with van der Waals surface area (Å²) in [5.41, 5.74) is 12.0. The van der Waals surface area contributed by atoms with E-state index in [0.29, 0.717) is 0 Å². The van der Waals surface area contributed by atoms with Crippen LogP contribution < -0.4 is 0 Å². The lowest BCUT2D eigenvalue weighted by Gasteiger charge is -2.36. The predicted octanol–water partition coefficient (Wildman–Crippen LogP) is 7.88. The third kappa shape index (κ3) is 1.93. The fraction of sp³-hybridized carbons (Fsp3) is 0.333. The number of fused-ring (bicyclic) bond motifs is 9. The van der Waals surface area contributed by atoms with Crippen LogP contribution in [0, 0.1) is 0 Å². The summed E-state index contributed by atoms with van der Waals surface area (Å²) >= 11 is 6.41. The average molecular weight is 385 g/mol. The molecule has 3 aliphatic carbocycles. The van der Waals surface area contributed by atoms with E-state index in [-0.39, 0.29) is 10.8 Å². The first-order valence-electron chi connectivity index (χ1n) is 10.6. The lowest BCUT2D eigenvalue weighted by Crippen LogP contribution is -2.28. The minimum atomic E-state index is -0.0120. The summed E-state index contributed by atoms with van der Waals surface area (Å²) in [5.74, 6) is 0. The van der Waals surface area contributed by atoms with Crippen LogP contribution in [0.2, 0.25) is 5.02 Å². The molecule has 0 aromatic heterocycles. The number of hydrogen-bond acceptors (Lipinski definition) is 0. The van der Waals surface area contributed by atoms with E-state index in [2.05, 4.69) is 68.4 Å². The lowest BCUT2D eigenvalue weighted by atomic mass is 9.67. The molecule has 28 heavy (non-hydrogen) atoms. The van der Waals surface area contributed by atoms with E-state index in [1.807, 2.05) is 0 Å². The van der Waals surface area contributed by atoms with Crippen molar-refractivity contribution in [3.8, 4) is 22.3 Å². The quantitative estimate of drug-likeness (QED) is 0.369. The first kappa shape index (κ1) is 16.9. The zero-order valence-corrected chi connectivity index (χ0v) is 17.4. The fourth-order valence-electron chi connectivity index (χ4n) is 6.44. The second kappa shape index (κ2) is 5.51. The van der Waals surface area contributed by atoms with Crippen LogP contribution in [0.4, 0.5) is 0 Å². The highest BCUT2D eigenvalue weighted by Gasteiger charge is 2.47. The first-order valence-corrected chi connectivity index (χ1v) is 11.0. The average Bonchev–Trinajstić information content (AvgIpc) is 3.10. The van der Waals surface area contributed by atoms with Crippen molar-refractivity contribution in [1.82, 2.24) is 0 Å². The zero-order chi connectivity index (χ0) is 19.1. The molecule has 0 aliphatic heterocycles. The molecular formula is C27H25Cl. The number of benzene rings is 3. The molecule has 0 unspecified atom stereocenters. The molecule has 0 radical (unpaired) electrons. The topological polar surface area (TPSA) is 0 Å². The van der Waals surface area contributed by atoms with Crippen molar-refractivity contribution in [2.24, 2.45) is 0 Å². The Labute approximate surface area is 172 Å². The van der Waals surface area contributed by atoms with Crippen LogP contribution in [0.1, 0.15) is 68.2 Å². The second-order valence-corrected chi connectivity index (χ2v) is 9.85. The molecule has 6 rings (SSSR count). The lowest BCUT2D eigenvalue weighted by molar-refractivity contribution is 0.353. The van der Waals surface area contributed by atoms with Gasteiger partial charge in [0, 0.05) is 15.9 Å². The molecule has 0 bridgehead atoms. The summed E-state index contributed by atoms with van der Waals surface area (Å²) < 4.78 is 0. The molecule has 0 atom stereocenters. The molecule has 1 fully saturated rings. The summed E-state index contributed by atoms with van der Waals surface area (Å²) in [6.07, 6.45) is 6.61. The molecule has 0 nitrogen and oxygen atoms in total. The van der Waals surface area contributed by atoms with Gasteiger partial charge in [0.25, 0.3) is 0 Å².